The van der Waals surface area contributed by atoms with Crippen molar-refractivity contribution in [2.75, 3.05) is 42.9 Å². The number of carbonyl (C=O) groups is 2. The molecule has 9 nitrogen and oxygen atoms in total. The molecule has 1 saturated heterocycles. The Kier molecular flexibility index (Phi) is 6.54. The Hall–Kier alpha value is -4.01. The van der Waals surface area contributed by atoms with Crippen LogP contribution in [0.1, 0.15) is 16.1 Å². The molecule has 0 aliphatic carbocycles. The Labute approximate surface area is 186 Å². The van der Waals surface area contributed by atoms with Crippen molar-refractivity contribution in [3.05, 3.63) is 71.9 Å². The average molecular weight is 432 g/mol. The summed E-state index contributed by atoms with van der Waals surface area (Å²) in [4.78, 5) is 32.8. The molecule has 1 aliphatic rings. The molecular formula is C23H25N7O2. The molecule has 2 aromatic heterocycles. The molecule has 164 valence electrons. The monoisotopic (exact) mass is 431 g/mol. The number of benzene rings is 1. The zero-order valence-corrected chi connectivity index (χ0v) is 17.9. The number of aromatic nitrogens is 3. The lowest BCUT2D eigenvalue weighted by Crippen LogP contribution is -2.51. The summed E-state index contributed by atoms with van der Waals surface area (Å²) in [6.07, 6.45) is 0. The van der Waals surface area contributed by atoms with Crippen LogP contribution in [-0.4, -0.2) is 64.6 Å². The van der Waals surface area contributed by atoms with Crippen molar-refractivity contribution in [3.63, 3.8) is 0 Å². The first-order valence-corrected chi connectivity index (χ1v) is 10.5. The van der Waals surface area contributed by atoms with E-state index in [1.807, 2.05) is 43.3 Å². The van der Waals surface area contributed by atoms with Gasteiger partial charge in [0.2, 0.25) is 5.91 Å². The molecule has 0 spiro atoms. The van der Waals surface area contributed by atoms with Crippen molar-refractivity contribution in [2.24, 2.45) is 0 Å². The number of piperazine rings is 1. The van der Waals surface area contributed by atoms with E-state index >= 15 is 0 Å². The largest absolute Gasteiger partial charge is 0.352 e. The van der Waals surface area contributed by atoms with E-state index in [1.54, 1.807) is 29.2 Å². The van der Waals surface area contributed by atoms with Crippen LogP contribution < -0.4 is 15.5 Å². The van der Waals surface area contributed by atoms with Gasteiger partial charge in [-0.25, -0.2) is 4.98 Å². The highest BCUT2D eigenvalue weighted by Gasteiger charge is 2.22. The molecule has 3 heterocycles. The number of rotatable bonds is 6. The third-order valence-electron chi connectivity index (χ3n) is 5.19. The molecule has 2 N–H and O–H groups in total. The second-order valence-corrected chi connectivity index (χ2v) is 7.48. The minimum Gasteiger partial charge on any atom is -0.352 e. The van der Waals surface area contributed by atoms with Gasteiger partial charge in [0, 0.05) is 37.4 Å². The Balaban J connectivity index is 1.25. The van der Waals surface area contributed by atoms with Gasteiger partial charge in [-0.05, 0) is 43.3 Å². The molecule has 0 saturated carbocycles. The molecule has 0 unspecified atom stereocenters. The minimum absolute atomic E-state index is 0.0130. The van der Waals surface area contributed by atoms with Gasteiger partial charge in [-0.1, -0.05) is 24.3 Å². The summed E-state index contributed by atoms with van der Waals surface area (Å²) in [6, 6.07) is 18.4. The van der Waals surface area contributed by atoms with E-state index in [0.29, 0.717) is 37.6 Å². The van der Waals surface area contributed by atoms with Gasteiger partial charge in [0.05, 0.1) is 6.54 Å². The summed E-state index contributed by atoms with van der Waals surface area (Å²) in [6.45, 7) is 4.35. The highest BCUT2D eigenvalue weighted by molar-refractivity contribution is 5.96. The molecule has 9 heteroatoms. The summed E-state index contributed by atoms with van der Waals surface area (Å²) < 4.78 is 0. The molecule has 2 amide bonds. The van der Waals surface area contributed by atoms with E-state index in [1.165, 1.54) is 0 Å². The summed E-state index contributed by atoms with van der Waals surface area (Å²) in [5.74, 6) is 1.76. The van der Waals surface area contributed by atoms with Gasteiger partial charge >= 0.3 is 0 Å². The van der Waals surface area contributed by atoms with Gasteiger partial charge in [-0.3, -0.25) is 9.59 Å². The molecule has 1 aromatic carbocycles. The van der Waals surface area contributed by atoms with Crippen LogP contribution in [-0.2, 0) is 4.79 Å². The molecule has 0 atom stereocenters. The number of carbonyl (C=O) groups excluding carboxylic acids is 2. The van der Waals surface area contributed by atoms with E-state index in [0.717, 1.165) is 17.3 Å². The predicted octanol–water partition coefficient (Wildman–Crippen LogP) is 2.00. The number of hydrogen-bond donors (Lipinski definition) is 2. The molecule has 1 fully saturated rings. The SMILES string of the molecule is Cc1cccc(Nc2ccc(N3CCN(C(=O)CNC(=O)c4ccccc4)CC3)nn2)n1. The Morgan fingerprint density at radius 1 is 0.875 bits per heavy atom. The van der Waals surface area contributed by atoms with Crippen LogP contribution in [0, 0.1) is 6.92 Å². The Morgan fingerprint density at radius 2 is 1.66 bits per heavy atom. The van der Waals surface area contributed by atoms with Crippen molar-refractivity contribution in [1.82, 2.24) is 25.4 Å². The van der Waals surface area contributed by atoms with Gasteiger partial charge in [-0.15, -0.1) is 10.2 Å². The second kappa shape index (κ2) is 9.86. The van der Waals surface area contributed by atoms with Crippen molar-refractivity contribution < 1.29 is 9.59 Å². The molecule has 0 radical (unpaired) electrons. The fourth-order valence-corrected chi connectivity index (χ4v) is 3.45. The van der Waals surface area contributed by atoms with Gasteiger partial charge in [0.15, 0.2) is 11.6 Å². The number of nitrogens with one attached hydrogen (secondary N) is 2. The van der Waals surface area contributed by atoms with E-state index in [4.69, 9.17) is 0 Å². The first-order valence-electron chi connectivity index (χ1n) is 10.5. The summed E-state index contributed by atoms with van der Waals surface area (Å²) >= 11 is 0. The maximum Gasteiger partial charge on any atom is 0.251 e. The first-order chi connectivity index (χ1) is 15.6. The quantitative estimate of drug-likeness (QED) is 0.615. The van der Waals surface area contributed by atoms with Crippen LogP contribution in [0.15, 0.2) is 60.7 Å². The number of hydrogen-bond acceptors (Lipinski definition) is 7. The van der Waals surface area contributed by atoms with Crippen molar-refractivity contribution in [2.45, 2.75) is 6.92 Å². The maximum absolute atomic E-state index is 12.5. The van der Waals surface area contributed by atoms with Crippen LogP contribution in [0.3, 0.4) is 0 Å². The van der Waals surface area contributed by atoms with Crippen LogP contribution in [0.4, 0.5) is 17.5 Å². The number of amides is 2. The minimum atomic E-state index is -0.248. The first kappa shape index (κ1) is 21.2. The van der Waals surface area contributed by atoms with Crippen LogP contribution in [0.25, 0.3) is 0 Å². The topological polar surface area (TPSA) is 103 Å². The van der Waals surface area contributed by atoms with Gasteiger partial charge < -0.3 is 20.4 Å². The normalized spacial score (nSPS) is 13.5. The second-order valence-electron chi connectivity index (χ2n) is 7.48. The smallest absolute Gasteiger partial charge is 0.251 e. The molecule has 0 bridgehead atoms. The van der Waals surface area contributed by atoms with Gasteiger partial charge in [0.1, 0.15) is 5.82 Å². The zero-order chi connectivity index (χ0) is 22.3. The van der Waals surface area contributed by atoms with Gasteiger partial charge in [-0.2, -0.15) is 0 Å². The summed E-state index contributed by atoms with van der Waals surface area (Å²) in [5.41, 5.74) is 1.46. The number of aryl methyl sites for hydroxylation is 1. The molecule has 1 aliphatic heterocycles. The average Bonchev–Trinajstić information content (AvgIpc) is 2.83. The van der Waals surface area contributed by atoms with E-state index in [-0.39, 0.29) is 18.4 Å². The fraction of sp³-hybridized carbons (Fsp3) is 0.261. The molecule has 3 aromatic rings. The highest BCUT2D eigenvalue weighted by Crippen LogP contribution is 2.17. The molecule has 4 rings (SSSR count). The van der Waals surface area contributed by atoms with E-state index < -0.39 is 0 Å². The summed E-state index contributed by atoms with van der Waals surface area (Å²) in [7, 11) is 0. The van der Waals surface area contributed by atoms with Crippen LogP contribution >= 0.6 is 0 Å². The highest BCUT2D eigenvalue weighted by atomic mass is 16.2. The Bertz CT molecular complexity index is 1070. The van der Waals surface area contributed by atoms with E-state index in [9.17, 15) is 9.59 Å². The lowest BCUT2D eigenvalue weighted by Gasteiger charge is -2.35. The third-order valence-corrected chi connectivity index (χ3v) is 5.19. The lowest BCUT2D eigenvalue weighted by atomic mass is 10.2. The lowest BCUT2D eigenvalue weighted by molar-refractivity contribution is -0.130. The maximum atomic E-state index is 12.5. The number of anilines is 3. The Morgan fingerprint density at radius 3 is 2.34 bits per heavy atom. The number of nitrogens with zero attached hydrogens (tertiary/aromatic N) is 5. The van der Waals surface area contributed by atoms with Gasteiger partial charge in [0.25, 0.3) is 5.91 Å². The summed E-state index contributed by atoms with van der Waals surface area (Å²) in [5, 5.41) is 14.4. The van der Waals surface area contributed by atoms with Crippen molar-refractivity contribution >= 4 is 29.3 Å². The zero-order valence-electron chi connectivity index (χ0n) is 17.9. The van der Waals surface area contributed by atoms with E-state index in [2.05, 4.69) is 30.7 Å². The molecular weight excluding hydrogens is 406 g/mol. The predicted molar refractivity (Wildman–Crippen MR) is 122 cm³/mol. The van der Waals surface area contributed by atoms with Crippen LogP contribution in [0.5, 0.6) is 0 Å². The standard InChI is InChI=1S/C23H25N7O2/c1-17-6-5-9-19(25-17)26-20-10-11-21(28-27-20)29-12-14-30(15-13-29)22(31)16-24-23(32)18-7-3-2-4-8-18/h2-11H,12-16H2,1H3,(H,24,32)(H,25,26,27). The number of pyridine rings is 1. The fourth-order valence-electron chi connectivity index (χ4n) is 3.45. The third kappa shape index (κ3) is 5.37. The van der Waals surface area contributed by atoms with Crippen molar-refractivity contribution in [1.29, 1.82) is 0 Å². The van der Waals surface area contributed by atoms with Crippen LogP contribution in [0.2, 0.25) is 0 Å². The van der Waals surface area contributed by atoms with Crippen molar-refractivity contribution in [3.8, 4) is 0 Å². The molecule has 32 heavy (non-hydrogen) atoms.